The Morgan fingerprint density at radius 1 is 1.30 bits per heavy atom. The van der Waals surface area contributed by atoms with Crippen molar-refractivity contribution in [2.24, 2.45) is 0 Å². The molecule has 0 spiro atoms. The molecule has 1 aliphatic heterocycles. The van der Waals surface area contributed by atoms with Gasteiger partial charge in [0.15, 0.2) is 5.76 Å². The predicted octanol–water partition coefficient (Wildman–Crippen LogP) is 1.15. The van der Waals surface area contributed by atoms with Crippen LogP contribution in [0.25, 0.3) is 0 Å². The van der Waals surface area contributed by atoms with Gasteiger partial charge in [0.1, 0.15) is 17.3 Å². The van der Waals surface area contributed by atoms with Crippen LogP contribution in [0.15, 0.2) is 28.8 Å². The van der Waals surface area contributed by atoms with E-state index in [1.807, 2.05) is 6.07 Å². The van der Waals surface area contributed by atoms with Gasteiger partial charge in [-0.2, -0.15) is 5.26 Å². The molecule has 23 heavy (non-hydrogen) atoms. The van der Waals surface area contributed by atoms with Crippen LogP contribution < -0.4 is 0 Å². The molecule has 3 rings (SSSR count). The lowest BCUT2D eigenvalue weighted by molar-refractivity contribution is -0.167. The van der Waals surface area contributed by atoms with E-state index in [4.69, 9.17) is 14.6 Å². The number of hydrogen-bond acceptors (Lipinski definition) is 7. The maximum absolute atomic E-state index is 12.1. The summed E-state index contributed by atoms with van der Waals surface area (Å²) in [6.45, 7) is 1.53. The van der Waals surface area contributed by atoms with E-state index in [9.17, 15) is 14.4 Å². The molecule has 1 aromatic carbocycles. The lowest BCUT2D eigenvalue weighted by atomic mass is 10.1. The molecule has 114 valence electrons. The minimum absolute atomic E-state index is 0.0895. The molecule has 2 heterocycles. The fourth-order valence-corrected chi connectivity index (χ4v) is 2.20. The summed E-state index contributed by atoms with van der Waals surface area (Å²) >= 11 is 0. The third kappa shape index (κ3) is 2.34. The van der Waals surface area contributed by atoms with E-state index in [0.717, 1.165) is 0 Å². The minimum Gasteiger partial charge on any atom is -0.360 e. The van der Waals surface area contributed by atoms with Gasteiger partial charge in [-0.3, -0.25) is 9.59 Å². The predicted molar refractivity (Wildman–Crippen MR) is 72.7 cm³/mol. The Hall–Kier alpha value is -3.47. The number of rotatable bonds is 3. The number of aromatic nitrogens is 1. The number of carbonyl (C=O) groups excluding carboxylic acids is 3. The van der Waals surface area contributed by atoms with Crippen molar-refractivity contribution < 1.29 is 23.7 Å². The van der Waals surface area contributed by atoms with Crippen molar-refractivity contribution in [1.29, 1.82) is 5.26 Å². The van der Waals surface area contributed by atoms with E-state index in [1.54, 1.807) is 12.1 Å². The Kier molecular flexibility index (Phi) is 3.38. The largest absolute Gasteiger partial charge is 0.360 e. The van der Waals surface area contributed by atoms with E-state index in [1.165, 1.54) is 19.1 Å². The molecule has 2 amide bonds. The second-order valence-electron chi connectivity index (χ2n) is 4.76. The first kappa shape index (κ1) is 14.5. The number of amides is 2. The summed E-state index contributed by atoms with van der Waals surface area (Å²) in [5, 5.41) is 13.0. The van der Waals surface area contributed by atoms with Gasteiger partial charge in [-0.1, -0.05) is 22.4 Å². The van der Waals surface area contributed by atoms with Gasteiger partial charge in [-0.25, -0.2) is 4.79 Å². The number of hydroxylamine groups is 2. The van der Waals surface area contributed by atoms with Crippen LogP contribution in [0.3, 0.4) is 0 Å². The minimum atomic E-state index is -0.899. The molecular formula is C15H9N3O5. The zero-order valence-corrected chi connectivity index (χ0v) is 11.9. The fourth-order valence-electron chi connectivity index (χ4n) is 2.20. The third-order valence-electron chi connectivity index (χ3n) is 3.31. The van der Waals surface area contributed by atoms with Gasteiger partial charge < -0.3 is 9.36 Å². The summed E-state index contributed by atoms with van der Waals surface area (Å²) in [6, 6.07) is 8.01. The number of benzene rings is 1. The topological polar surface area (TPSA) is 114 Å². The van der Waals surface area contributed by atoms with Crippen molar-refractivity contribution in [1.82, 2.24) is 10.2 Å². The van der Waals surface area contributed by atoms with Gasteiger partial charge >= 0.3 is 5.97 Å². The molecule has 8 nitrogen and oxygen atoms in total. The third-order valence-corrected chi connectivity index (χ3v) is 3.31. The van der Waals surface area contributed by atoms with Crippen LogP contribution in [0.1, 0.15) is 37.7 Å². The Morgan fingerprint density at radius 2 is 1.91 bits per heavy atom. The maximum Gasteiger partial charge on any atom is 0.339 e. The van der Waals surface area contributed by atoms with E-state index in [-0.39, 0.29) is 28.1 Å². The quantitative estimate of drug-likeness (QED) is 0.781. The summed E-state index contributed by atoms with van der Waals surface area (Å²) in [7, 11) is 0. The van der Waals surface area contributed by atoms with E-state index < -0.39 is 24.2 Å². The molecular weight excluding hydrogens is 302 g/mol. The first-order valence-electron chi connectivity index (χ1n) is 6.56. The molecule has 0 bridgehead atoms. The van der Waals surface area contributed by atoms with Crippen molar-refractivity contribution in [2.75, 3.05) is 0 Å². The second-order valence-corrected chi connectivity index (χ2v) is 4.76. The monoisotopic (exact) mass is 311 g/mol. The Bertz CT molecular complexity index is 842. The molecule has 0 saturated heterocycles. The Labute approximate surface area is 129 Å². The average molecular weight is 311 g/mol. The molecule has 2 aromatic rings. The molecule has 8 heteroatoms. The molecule has 0 fully saturated rings. The van der Waals surface area contributed by atoms with Crippen molar-refractivity contribution in [2.45, 2.75) is 13.3 Å². The van der Waals surface area contributed by atoms with Crippen LogP contribution in [-0.4, -0.2) is 28.0 Å². The van der Waals surface area contributed by atoms with Crippen molar-refractivity contribution in [3.63, 3.8) is 0 Å². The summed E-state index contributed by atoms with van der Waals surface area (Å²) in [5.74, 6) is -2.05. The van der Waals surface area contributed by atoms with Crippen LogP contribution in [0.5, 0.6) is 0 Å². The lowest BCUT2D eigenvalue weighted by Gasteiger charge is -2.11. The second kappa shape index (κ2) is 5.38. The maximum atomic E-state index is 12.1. The summed E-state index contributed by atoms with van der Waals surface area (Å²) in [4.78, 5) is 40.9. The van der Waals surface area contributed by atoms with E-state index in [0.29, 0.717) is 5.06 Å². The van der Waals surface area contributed by atoms with Crippen LogP contribution in [0.2, 0.25) is 0 Å². The molecule has 0 saturated carbocycles. The standard InChI is InChI=1S/C15H9N3O5/c1-8-11(7-16)12(17-22-8)6-13(19)23-18-14(20)9-4-2-3-5-10(9)15(18)21/h2-5H,6H2,1H3. The average Bonchev–Trinajstić information content (AvgIpc) is 3.01. The Balaban J connectivity index is 1.76. The van der Waals surface area contributed by atoms with Crippen LogP contribution in [-0.2, 0) is 16.1 Å². The van der Waals surface area contributed by atoms with E-state index >= 15 is 0 Å². The molecule has 0 atom stereocenters. The smallest absolute Gasteiger partial charge is 0.339 e. The molecule has 1 aliphatic rings. The highest BCUT2D eigenvalue weighted by molar-refractivity contribution is 6.20. The lowest BCUT2D eigenvalue weighted by Crippen LogP contribution is -2.33. The highest BCUT2D eigenvalue weighted by Crippen LogP contribution is 2.23. The SMILES string of the molecule is Cc1onc(CC(=O)ON2C(=O)c3ccccc3C2=O)c1C#N. The normalized spacial score (nSPS) is 13.0. The number of carbonyl (C=O) groups is 3. The highest BCUT2D eigenvalue weighted by atomic mass is 16.7. The van der Waals surface area contributed by atoms with Crippen LogP contribution >= 0.6 is 0 Å². The molecule has 0 N–H and O–H groups in total. The number of nitriles is 1. The van der Waals surface area contributed by atoms with Crippen LogP contribution in [0, 0.1) is 18.3 Å². The highest BCUT2D eigenvalue weighted by Gasteiger charge is 2.38. The number of nitrogens with zero attached hydrogens (tertiary/aromatic N) is 3. The van der Waals surface area contributed by atoms with Crippen molar-refractivity contribution >= 4 is 17.8 Å². The van der Waals surface area contributed by atoms with E-state index in [2.05, 4.69) is 5.16 Å². The first-order chi connectivity index (χ1) is 11.0. The van der Waals surface area contributed by atoms with Crippen molar-refractivity contribution in [3.05, 3.63) is 52.4 Å². The van der Waals surface area contributed by atoms with Gasteiger partial charge in [-0.05, 0) is 19.1 Å². The Morgan fingerprint density at radius 3 is 2.48 bits per heavy atom. The first-order valence-corrected chi connectivity index (χ1v) is 6.56. The molecule has 0 aliphatic carbocycles. The molecule has 1 aromatic heterocycles. The van der Waals surface area contributed by atoms with Gasteiger partial charge in [0.25, 0.3) is 11.8 Å². The van der Waals surface area contributed by atoms with Gasteiger partial charge in [0.05, 0.1) is 17.5 Å². The van der Waals surface area contributed by atoms with Crippen LogP contribution in [0.4, 0.5) is 0 Å². The molecule has 0 radical (unpaired) electrons. The van der Waals surface area contributed by atoms with Crippen molar-refractivity contribution in [3.8, 4) is 6.07 Å². The number of aryl methyl sites for hydroxylation is 1. The summed E-state index contributed by atoms with van der Waals surface area (Å²) < 4.78 is 4.82. The van der Waals surface area contributed by atoms with Gasteiger partial charge in [-0.15, -0.1) is 0 Å². The van der Waals surface area contributed by atoms with Gasteiger partial charge in [0, 0.05) is 0 Å². The zero-order valence-electron chi connectivity index (χ0n) is 11.9. The summed E-state index contributed by atoms with van der Waals surface area (Å²) in [6.07, 6.45) is -0.395. The molecule has 0 unspecified atom stereocenters. The zero-order chi connectivity index (χ0) is 16.6. The van der Waals surface area contributed by atoms with Gasteiger partial charge in [0.2, 0.25) is 0 Å². The summed E-state index contributed by atoms with van der Waals surface area (Å²) in [5.41, 5.74) is 0.552. The number of imide groups is 1. The number of fused-ring (bicyclic) bond motifs is 1. The fraction of sp³-hybridized carbons (Fsp3) is 0.133. The number of hydrogen-bond donors (Lipinski definition) is 0.